The lowest BCUT2D eigenvalue weighted by Crippen LogP contribution is -2.48. The van der Waals surface area contributed by atoms with Crippen LogP contribution < -0.4 is 10.6 Å². The van der Waals surface area contributed by atoms with Crippen molar-refractivity contribution in [1.82, 2.24) is 10.2 Å². The van der Waals surface area contributed by atoms with E-state index in [4.69, 9.17) is 0 Å². The maximum atomic E-state index is 12.6. The van der Waals surface area contributed by atoms with Gasteiger partial charge in [0.2, 0.25) is 0 Å². The van der Waals surface area contributed by atoms with E-state index in [1.54, 1.807) is 36.4 Å². The van der Waals surface area contributed by atoms with Crippen LogP contribution in [0.4, 0.5) is 10.5 Å². The maximum absolute atomic E-state index is 12.6. The summed E-state index contributed by atoms with van der Waals surface area (Å²) in [7, 11) is 0. The molecule has 0 unspecified atom stereocenters. The van der Waals surface area contributed by atoms with E-state index in [2.05, 4.69) is 10.6 Å². The topological polar surface area (TPSA) is 78.5 Å². The van der Waals surface area contributed by atoms with E-state index >= 15 is 0 Å². The minimum Gasteiger partial charge on any atom is -0.349 e. The molecule has 2 aromatic rings. The van der Waals surface area contributed by atoms with Crippen molar-refractivity contribution in [2.24, 2.45) is 5.92 Å². The van der Waals surface area contributed by atoms with Crippen LogP contribution in [0.3, 0.4) is 0 Å². The molecule has 2 aliphatic rings. The molecule has 1 saturated carbocycles. The number of nitrogens with one attached hydrogen (secondary N) is 2. The molecule has 0 aromatic heterocycles. The van der Waals surface area contributed by atoms with E-state index in [1.165, 1.54) is 6.92 Å². The van der Waals surface area contributed by atoms with Crippen LogP contribution in [0.5, 0.6) is 0 Å². The Morgan fingerprint density at radius 1 is 0.929 bits per heavy atom. The van der Waals surface area contributed by atoms with Gasteiger partial charge in [-0.3, -0.25) is 9.59 Å². The van der Waals surface area contributed by atoms with Gasteiger partial charge in [0.25, 0.3) is 5.91 Å². The Balaban J connectivity index is 1.33. The fraction of sp³-hybridized carbons (Fsp3) is 0.318. The highest BCUT2D eigenvalue weighted by atomic mass is 16.2. The van der Waals surface area contributed by atoms with Gasteiger partial charge < -0.3 is 15.5 Å². The van der Waals surface area contributed by atoms with E-state index in [1.807, 2.05) is 23.1 Å². The predicted octanol–water partition coefficient (Wildman–Crippen LogP) is 3.31. The summed E-state index contributed by atoms with van der Waals surface area (Å²) in [6.07, 6.45) is 1.69. The van der Waals surface area contributed by atoms with Crippen molar-refractivity contribution in [2.45, 2.75) is 31.8 Å². The fourth-order valence-electron chi connectivity index (χ4n) is 4.20. The molecule has 0 radical (unpaired) electrons. The monoisotopic (exact) mass is 377 g/mol. The number of carbonyl (C=O) groups is 3. The maximum Gasteiger partial charge on any atom is 0.322 e. The Hall–Kier alpha value is -3.15. The number of rotatable bonds is 4. The summed E-state index contributed by atoms with van der Waals surface area (Å²) in [4.78, 5) is 38.2. The molecule has 3 atom stereocenters. The zero-order chi connectivity index (χ0) is 19.7. The van der Waals surface area contributed by atoms with E-state index in [9.17, 15) is 14.4 Å². The molecular formula is C22H23N3O3. The van der Waals surface area contributed by atoms with Crippen molar-refractivity contribution in [3.8, 4) is 0 Å². The van der Waals surface area contributed by atoms with Crippen LogP contribution in [0.25, 0.3) is 0 Å². The van der Waals surface area contributed by atoms with Crippen molar-refractivity contribution in [1.29, 1.82) is 0 Å². The third kappa shape index (κ3) is 3.63. The zero-order valence-corrected chi connectivity index (χ0v) is 15.7. The van der Waals surface area contributed by atoms with Gasteiger partial charge in [-0.15, -0.1) is 0 Å². The number of anilines is 1. The number of amides is 3. The second kappa shape index (κ2) is 7.46. The smallest absolute Gasteiger partial charge is 0.322 e. The number of likely N-dealkylation sites (tertiary alicyclic amines) is 1. The van der Waals surface area contributed by atoms with E-state index < -0.39 is 0 Å². The predicted molar refractivity (Wildman–Crippen MR) is 106 cm³/mol. The first kappa shape index (κ1) is 18.2. The van der Waals surface area contributed by atoms with Crippen LogP contribution in [0, 0.1) is 5.92 Å². The summed E-state index contributed by atoms with van der Waals surface area (Å²) in [5, 5.41) is 6.03. The number of fused-ring (bicyclic) bond motifs is 2. The number of urea groups is 1. The van der Waals surface area contributed by atoms with Crippen LogP contribution in [-0.4, -0.2) is 41.2 Å². The molecule has 144 valence electrons. The SMILES string of the molecule is CC(=O)c1ccc(NC(=O)N2C[C@@H]3C[C@H]2C[C@@H]3NC(=O)c2ccccc2)cc1. The number of ketones is 1. The van der Waals surface area contributed by atoms with Gasteiger partial charge in [0.1, 0.15) is 0 Å². The molecule has 1 heterocycles. The lowest BCUT2D eigenvalue weighted by atomic mass is 10.0. The van der Waals surface area contributed by atoms with Gasteiger partial charge in [-0.05, 0) is 62.1 Å². The van der Waals surface area contributed by atoms with Gasteiger partial charge in [0.05, 0.1) is 0 Å². The molecule has 3 amide bonds. The minimum absolute atomic E-state index is 0.00155. The van der Waals surface area contributed by atoms with E-state index in [0.29, 0.717) is 23.4 Å². The highest BCUT2D eigenvalue weighted by Gasteiger charge is 2.47. The molecule has 1 aliphatic carbocycles. The van der Waals surface area contributed by atoms with Gasteiger partial charge in [0, 0.05) is 35.4 Å². The largest absolute Gasteiger partial charge is 0.349 e. The third-order valence-corrected chi connectivity index (χ3v) is 5.70. The molecule has 2 N–H and O–H groups in total. The third-order valence-electron chi connectivity index (χ3n) is 5.70. The molecule has 1 aliphatic heterocycles. The van der Waals surface area contributed by atoms with Crippen molar-refractivity contribution in [2.75, 3.05) is 11.9 Å². The van der Waals surface area contributed by atoms with Crippen LogP contribution in [0.2, 0.25) is 0 Å². The first-order valence-corrected chi connectivity index (χ1v) is 9.56. The molecule has 6 heteroatoms. The second-order valence-electron chi connectivity index (χ2n) is 7.55. The number of Topliss-reactive ketones (excluding diaryl/α,β-unsaturated/α-hetero) is 1. The fourth-order valence-corrected chi connectivity index (χ4v) is 4.20. The van der Waals surface area contributed by atoms with Crippen LogP contribution in [0.15, 0.2) is 54.6 Å². The minimum atomic E-state index is -0.129. The molecular weight excluding hydrogens is 354 g/mol. The van der Waals surface area contributed by atoms with Crippen molar-refractivity contribution >= 4 is 23.4 Å². The van der Waals surface area contributed by atoms with E-state index in [-0.39, 0.29) is 35.7 Å². The van der Waals surface area contributed by atoms with E-state index in [0.717, 1.165) is 12.8 Å². The Morgan fingerprint density at radius 2 is 1.64 bits per heavy atom. The van der Waals surface area contributed by atoms with Crippen LogP contribution in [0.1, 0.15) is 40.5 Å². The number of nitrogens with zero attached hydrogens (tertiary/aromatic N) is 1. The normalized spacial score (nSPS) is 22.8. The van der Waals surface area contributed by atoms with Gasteiger partial charge in [-0.25, -0.2) is 4.79 Å². The molecule has 4 rings (SSSR count). The highest BCUT2D eigenvalue weighted by Crippen LogP contribution is 2.38. The molecule has 0 spiro atoms. The Labute approximate surface area is 163 Å². The molecule has 2 bridgehead atoms. The Morgan fingerprint density at radius 3 is 2.25 bits per heavy atom. The average Bonchev–Trinajstić information content (AvgIpc) is 3.29. The lowest BCUT2D eigenvalue weighted by molar-refractivity contribution is 0.0914. The Bertz CT molecular complexity index is 895. The number of hydrogen-bond acceptors (Lipinski definition) is 3. The summed E-state index contributed by atoms with van der Waals surface area (Å²) in [6, 6.07) is 16.2. The van der Waals surface area contributed by atoms with Gasteiger partial charge in [-0.2, -0.15) is 0 Å². The summed E-state index contributed by atoms with van der Waals surface area (Å²) in [5.41, 5.74) is 1.95. The van der Waals surface area contributed by atoms with Crippen molar-refractivity contribution < 1.29 is 14.4 Å². The van der Waals surface area contributed by atoms with Crippen LogP contribution in [-0.2, 0) is 0 Å². The van der Waals surface area contributed by atoms with Gasteiger partial charge >= 0.3 is 6.03 Å². The molecule has 1 saturated heterocycles. The Kier molecular flexibility index (Phi) is 4.86. The lowest BCUT2D eigenvalue weighted by Gasteiger charge is -2.32. The number of piperidine rings is 1. The molecule has 6 nitrogen and oxygen atoms in total. The number of hydrogen-bond donors (Lipinski definition) is 2. The molecule has 28 heavy (non-hydrogen) atoms. The average molecular weight is 377 g/mol. The quantitative estimate of drug-likeness (QED) is 0.803. The van der Waals surface area contributed by atoms with Crippen LogP contribution >= 0.6 is 0 Å². The zero-order valence-electron chi connectivity index (χ0n) is 15.7. The second-order valence-corrected chi connectivity index (χ2v) is 7.55. The highest BCUT2D eigenvalue weighted by molar-refractivity contribution is 5.96. The first-order valence-electron chi connectivity index (χ1n) is 9.56. The molecule has 2 fully saturated rings. The summed E-state index contributed by atoms with van der Waals surface area (Å²) in [6.45, 7) is 2.16. The summed E-state index contributed by atoms with van der Waals surface area (Å²) < 4.78 is 0. The van der Waals surface area contributed by atoms with Gasteiger partial charge in [-0.1, -0.05) is 18.2 Å². The standard InChI is InChI=1S/C22H23N3O3/c1-14(26)15-7-9-18(10-8-15)23-22(28)25-13-17-11-19(25)12-20(17)24-21(27)16-5-3-2-4-6-16/h2-10,17,19-20H,11-13H2,1H3,(H,23,28)(H,24,27)/t17-,19-,20-/m0/s1. The van der Waals surface area contributed by atoms with Crippen molar-refractivity contribution in [3.63, 3.8) is 0 Å². The summed E-state index contributed by atoms with van der Waals surface area (Å²) >= 11 is 0. The number of carbonyl (C=O) groups excluding carboxylic acids is 3. The molecule has 2 aromatic carbocycles. The van der Waals surface area contributed by atoms with Crippen molar-refractivity contribution in [3.05, 3.63) is 65.7 Å². The van der Waals surface area contributed by atoms with Gasteiger partial charge in [0.15, 0.2) is 5.78 Å². The summed E-state index contributed by atoms with van der Waals surface area (Å²) in [5.74, 6) is 0.224. The first-order chi connectivity index (χ1) is 13.5. The number of benzene rings is 2.